The highest BCUT2D eigenvalue weighted by Crippen LogP contribution is 2.24. The van der Waals surface area contributed by atoms with Crippen molar-refractivity contribution in [1.29, 1.82) is 0 Å². The molecule has 0 radical (unpaired) electrons. The molecule has 1 saturated heterocycles. The van der Waals surface area contributed by atoms with E-state index < -0.39 is 15.8 Å². The summed E-state index contributed by atoms with van der Waals surface area (Å²) in [6.45, 7) is 6.81. The number of benzene rings is 2. The van der Waals surface area contributed by atoms with Gasteiger partial charge in [-0.25, -0.2) is 12.8 Å². The van der Waals surface area contributed by atoms with Crippen LogP contribution in [0.5, 0.6) is 5.75 Å². The Morgan fingerprint density at radius 3 is 2.39 bits per heavy atom. The first-order chi connectivity index (χ1) is 14.7. The summed E-state index contributed by atoms with van der Waals surface area (Å²) in [4.78, 5) is 12.7. The fraction of sp³-hybridized carbons (Fsp3) is 0.435. The number of amides is 1. The molecule has 1 unspecified atom stereocenters. The van der Waals surface area contributed by atoms with E-state index in [4.69, 9.17) is 4.74 Å². The van der Waals surface area contributed by atoms with Gasteiger partial charge in [0.2, 0.25) is 15.9 Å². The van der Waals surface area contributed by atoms with E-state index >= 15 is 0 Å². The zero-order valence-electron chi connectivity index (χ0n) is 18.1. The molecule has 0 bridgehead atoms. The third-order valence-electron chi connectivity index (χ3n) is 5.64. The second kappa shape index (κ2) is 9.78. The summed E-state index contributed by atoms with van der Waals surface area (Å²) in [5.41, 5.74) is 2.35. The summed E-state index contributed by atoms with van der Waals surface area (Å²) in [7, 11) is -3.68. The normalized spacial score (nSPS) is 16.6. The van der Waals surface area contributed by atoms with Crippen LogP contribution in [0.1, 0.15) is 30.9 Å². The largest absolute Gasteiger partial charge is 0.491 e. The molecule has 0 aromatic heterocycles. The quantitative estimate of drug-likeness (QED) is 0.704. The fourth-order valence-electron chi connectivity index (χ4n) is 3.54. The van der Waals surface area contributed by atoms with Gasteiger partial charge in [-0.3, -0.25) is 4.79 Å². The van der Waals surface area contributed by atoms with Crippen molar-refractivity contribution < 1.29 is 22.3 Å². The monoisotopic (exact) mass is 448 g/mol. The summed E-state index contributed by atoms with van der Waals surface area (Å²) >= 11 is 0. The number of sulfonamides is 1. The van der Waals surface area contributed by atoms with Crippen LogP contribution >= 0.6 is 0 Å². The van der Waals surface area contributed by atoms with Crippen LogP contribution in [0.3, 0.4) is 0 Å². The van der Waals surface area contributed by atoms with Crippen molar-refractivity contribution in [3.05, 3.63) is 59.4 Å². The summed E-state index contributed by atoms with van der Waals surface area (Å²) < 4.78 is 45.6. The maximum Gasteiger partial charge on any atom is 0.243 e. The minimum atomic E-state index is -3.68. The first-order valence-corrected chi connectivity index (χ1v) is 11.9. The molecule has 1 aliphatic heterocycles. The SMILES string of the molecule is Cc1ccc(OCC(C)NC(=O)C2CCN(S(=O)(=O)c3ccc(F)cc3)CC2)cc1C. The van der Waals surface area contributed by atoms with Crippen LogP contribution in [0.2, 0.25) is 0 Å². The Morgan fingerprint density at radius 1 is 1.13 bits per heavy atom. The lowest BCUT2D eigenvalue weighted by atomic mass is 9.97. The summed E-state index contributed by atoms with van der Waals surface area (Å²) in [6.07, 6.45) is 0.883. The first kappa shape index (κ1) is 23.2. The number of nitrogens with zero attached hydrogens (tertiary/aromatic N) is 1. The van der Waals surface area contributed by atoms with E-state index in [1.165, 1.54) is 22.0 Å². The van der Waals surface area contributed by atoms with Gasteiger partial charge in [0.25, 0.3) is 0 Å². The van der Waals surface area contributed by atoms with Gasteiger partial charge in [0.15, 0.2) is 0 Å². The highest BCUT2D eigenvalue weighted by Gasteiger charge is 2.32. The number of nitrogens with one attached hydrogen (secondary N) is 1. The number of hydrogen-bond acceptors (Lipinski definition) is 4. The Bertz CT molecular complexity index is 1020. The number of carbonyl (C=O) groups excluding carboxylic acids is 1. The molecule has 1 heterocycles. The van der Waals surface area contributed by atoms with E-state index in [0.29, 0.717) is 19.4 Å². The highest BCUT2D eigenvalue weighted by atomic mass is 32.2. The molecule has 6 nitrogen and oxygen atoms in total. The molecule has 168 valence electrons. The lowest BCUT2D eigenvalue weighted by molar-refractivity contribution is -0.126. The van der Waals surface area contributed by atoms with Crippen molar-refractivity contribution in [2.45, 2.75) is 44.6 Å². The van der Waals surface area contributed by atoms with Gasteiger partial charge in [0, 0.05) is 19.0 Å². The minimum Gasteiger partial charge on any atom is -0.491 e. The van der Waals surface area contributed by atoms with Crippen LogP contribution in [0.4, 0.5) is 4.39 Å². The standard InChI is InChI=1S/C23H29FN2O4S/c1-16-4-7-21(14-17(16)2)30-15-18(3)25-23(27)19-10-12-26(13-11-19)31(28,29)22-8-5-20(24)6-9-22/h4-9,14,18-19H,10-13,15H2,1-3H3,(H,25,27). The van der Waals surface area contributed by atoms with Gasteiger partial charge in [-0.05, 0) is 81.1 Å². The van der Waals surface area contributed by atoms with Crippen LogP contribution in [0.25, 0.3) is 0 Å². The van der Waals surface area contributed by atoms with Gasteiger partial charge in [0.1, 0.15) is 18.2 Å². The van der Waals surface area contributed by atoms with Gasteiger partial charge >= 0.3 is 0 Å². The molecule has 31 heavy (non-hydrogen) atoms. The van der Waals surface area contributed by atoms with Gasteiger partial charge in [-0.2, -0.15) is 4.31 Å². The second-order valence-electron chi connectivity index (χ2n) is 8.10. The van der Waals surface area contributed by atoms with Crippen molar-refractivity contribution in [3.8, 4) is 5.75 Å². The number of hydrogen-bond donors (Lipinski definition) is 1. The number of piperidine rings is 1. The molecule has 1 fully saturated rings. The Balaban J connectivity index is 1.48. The predicted molar refractivity (Wildman–Crippen MR) is 117 cm³/mol. The highest BCUT2D eigenvalue weighted by molar-refractivity contribution is 7.89. The van der Waals surface area contributed by atoms with Crippen molar-refractivity contribution in [3.63, 3.8) is 0 Å². The Hall–Kier alpha value is -2.45. The van der Waals surface area contributed by atoms with Crippen molar-refractivity contribution >= 4 is 15.9 Å². The van der Waals surface area contributed by atoms with Crippen LogP contribution in [0, 0.1) is 25.6 Å². The third kappa shape index (κ3) is 5.83. The number of carbonyl (C=O) groups is 1. The lowest BCUT2D eigenvalue weighted by Crippen LogP contribution is -2.45. The molecule has 1 amide bonds. The van der Waals surface area contributed by atoms with E-state index in [9.17, 15) is 17.6 Å². The molecule has 2 aromatic rings. The maximum absolute atomic E-state index is 13.1. The van der Waals surface area contributed by atoms with E-state index in [2.05, 4.69) is 5.32 Å². The topological polar surface area (TPSA) is 75.7 Å². The van der Waals surface area contributed by atoms with Crippen LogP contribution in [-0.4, -0.2) is 44.4 Å². The summed E-state index contributed by atoms with van der Waals surface area (Å²) in [5, 5.41) is 2.96. The van der Waals surface area contributed by atoms with Gasteiger partial charge in [0.05, 0.1) is 10.9 Å². The van der Waals surface area contributed by atoms with Gasteiger partial charge in [-0.15, -0.1) is 0 Å². The molecule has 8 heteroatoms. The number of rotatable bonds is 7. The minimum absolute atomic E-state index is 0.0638. The molecule has 3 rings (SSSR count). The average Bonchev–Trinajstić information content (AvgIpc) is 2.75. The molecular weight excluding hydrogens is 419 g/mol. The molecule has 2 aromatic carbocycles. The fourth-order valence-corrected chi connectivity index (χ4v) is 5.01. The van der Waals surface area contributed by atoms with Gasteiger partial charge in [-0.1, -0.05) is 6.07 Å². The van der Waals surface area contributed by atoms with E-state index in [1.54, 1.807) is 0 Å². The van der Waals surface area contributed by atoms with Crippen molar-refractivity contribution in [2.75, 3.05) is 19.7 Å². The van der Waals surface area contributed by atoms with E-state index in [0.717, 1.165) is 23.4 Å². The molecule has 1 N–H and O–H groups in total. The summed E-state index contributed by atoms with van der Waals surface area (Å²) in [6, 6.07) is 10.5. The Labute approximate surface area is 183 Å². The Kier molecular flexibility index (Phi) is 7.33. The molecule has 0 aliphatic carbocycles. The average molecular weight is 449 g/mol. The lowest BCUT2D eigenvalue weighted by Gasteiger charge is -2.31. The second-order valence-corrected chi connectivity index (χ2v) is 10.0. The third-order valence-corrected chi connectivity index (χ3v) is 7.56. The number of aryl methyl sites for hydroxylation is 2. The smallest absolute Gasteiger partial charge is 0.243 e. The first-order valence-electron chi connectivity index (χ1n) is 10.4. The predicted octanol–water partition coefficient (Wildman–Crippen LogP) is 3.43. The zero-order valence-corrected chi connectivity index (χ0v) is 18.9. The van der Waals surface area contributed by atoms with Crippen LogP contribution in [-0.2, 0) is 14.8 Å². The molecule has 1 aliphatic rings. The zero-order chi connectivity index (χ0) is 22.6. The Morgan fingerprint density at radius 2 is 1.77 bits per heavy atom. The van der Waals surface area contributed by atoms with Crippen molar-refractivity contribution in [1.82, 2.24) is 9.62 Å². The van der Waals surface area contributed by atoms with E-state index in [-0.39, 0.29) is 35.9 Å². The van der Waals surface area contributed by atoms with Crippen molar-refractivity contribution in [2.24, 2.45) is 5.92 Å². The molecule has 0 saturated carbocycles. The van der Waals surface area contributed by atoms with Crippen LogP contribution in [0.15, 0.2) is 47.4 Å². The molecular formula is C23H29FN2O4S. The van der Waals surface area contributed by atoms with Crippen LogP contribution < -0.4 is 10.1 Å². The molecule has 0 spiro atoms. The van der Waals surface area contributed by atoms with E-state index in [1.807, 2.05) is 39.0 Å². The van der Waals surface area contributed by atoms with Gasteiger partial charge < -0.3 is 10.1 Å². The summed E-state index contributed by atoms with van der Waals surface area (Å²) in [5.74, 6) is -0.0489. The number of ether oxygens (including phenoxy) is 1. The molecule has 1 atom stereocenters. The number of halogens is 1. The maximum atomic E-state index is 13.1.